The van der Waals surface area contributed by atoms with E-state index in [2.05, 4.69) is 10.4 Å². The zero-order valence-electron chi connectivity index (χ0n) is 14.4. The number of hydrogen-bond donors (Lipinski definition) is 0. The van der Waals surface area contributed by atoms with Gasteiger partial charge in [0.2, 0.25) is 5.88 Å². The molecule has 130 valence electrons. The summed E-state index contributed by atoms with van der Waals surface area (Å²) in [5.41, 5.74) is -0.442. The molecular weight excluding hydrogens is 324 g/mol. The van der Waals surface area contributed by atoms with Crippen LogP contribution in [0.25, 0.3) is 10.1 Å². The molecule has 0 saturated carbocycles. The highest BCUT2D eigenvalue weighted by atomic mass is 32.1. The molecule has 1 amide bonds. The summed E-state index contributed by atoms with van der Waals surface area (Å²) in [5, 5.41) is 1.08. The summed E-state index contributed by atoms with van der Waals surface area (Å²) in [6.07, 6.45) is 1.65. The Kier molecular flexibility index (Phi) is 4.94. The van der Waals surface area contributed by atoms with Crippen molar-refractivity contribution in [2.75, 3.05) is 19.7 Å². The summed E-state index contributed by atoms with van der Waals surface area (Å²) in [5.74, 6) is 1.18. The van der Waals surface area contributed by atoms with E-state index in [0.717, 1.165) is 41.9 Å². The molecule has 1 aliphatic rings. The Hall–Kier alpha value is -1.82. The fraction of sp³-hybridized carbons (Fsp3) is 0.556. The molecule has 1 aliphatic heterocycles. The monoisotopic (exact) mass is 348 g/mol. The molecule has 24 heavy (non-hydrogen) atoms. The average Bonchev–Trinajstić information content (AvgIpc) is 2.95. The minimum atomic E-state index is -0.442. The maximum absolute atomic E-state index is 12.1. The molecule has 3 rings (SSSR count). The second-order valence-electron chi connectivity index (χ2n) is 7.21. The molecule has 0 atom stereocenters. The van der Waals surface area contributed by atoms with Crippen molar-refractivity contribution in [2.45, 2.75) is 39.2 Å². The quantitative estimate of drug-likeness (QED) is 0.829. The van der Waals surface area contributed by atoms with E-state index in [1.54, 1.807) is 4.90 Å². The van der Waals surface area contributed by atoms with Crippen molar-refractivity contribution in [1.82, 2.24) is 9.27 Å². The molecule has 1 fully saturated rings. The Labute approximate surface area is 146 Å². The van der Waals surface area contributed by atoms with Gasteiger partial charge in [-0.3, -0.25) is 0 Å². The zero-order valence-corrected chi connectivity index (χ0v) is 15.3. The van der Waals surface area contributed by atoms with Gasteiger partial charge in [0.1, 0.15) is 5.60 Å². The van der Waals surface area contributed by atoms with Crippen LogP contribution in [0, 0.1) is 5.92 Å². The van der Waals surface area contributed by atoms with Crippen LogP contribution in [0.2, 0.25) is 0 Å². The first-order valence-electron chi connectivity index (χ1n) is 8.37. The van der Waals surface area contributed by atoms with Crippen molar-refractivity contribution in [3.63, 3.8) is 0 Å². The van der Waals surface area contributed by atoms with Crippen molar-refractivity contribution in [2.24, 2.45) is 5.92 Å². The van der Waals surface area contributed by atoms with Crippen LogP contribution in [0.4, 0.5) is 4.79 Å². The highest BCUT2D eigenvalue weighted by Crippen LogP contribution is 2.29. The molecule has 0 spiro atoms. The molecule has 2 aromatic rings. The van der Waals surface area contributed by atoms with Gasteiger partial charge in [-0.2, -0.15) is 4.37 Å². The molecule has 5 nitrogen and oxygen atoms in total. The van der Waals surface area contributed by atoms with E-state index in [4.69, 9.17) is 9.47 Å². The first-order chi connectivity index (χ1) is 11.4. The number of amides is 1. The van der Waals surface area contributed by atoms with Crippen LogP contribution in [0.15, 0.2) is 24.3 Å². The Bertz CT molecular complexity index is 700. The number of nitrogens with zero attached hydrogens (tertiary/aromatic N) is 2. The molecule has 0 unspecified atom stereocenters. The van der Waals surface area contributed by atoms with E-state index in [9.17, 15) is 4.79 Å². The van der Waals surface area contributed by atoms with E-state index in [1.807, 2.05) is 39.0 Å². The summed E-state index contributed by atoms with van der Waals surface area (Å²) in [6, 6.07) is 8.11. The third kappa shape index (κ3) is 4.17. The van der Waals surface area contributed by atoms with Crippen LogP contribution in [-0.4, -0.2) is 40.7 Å². The van der Waals surface area contributed by atoms with Gasteiger partial charge < -0.3 is 14.4 Å². The number of carbonyl (C=O) groups is 1. The first kappa shape index (κ1) is 17.0. The molecule has 1 aromatic carbocycles. The van der Waals surface area contributed by atoms with E-state index in [1.165, 1.54) is 11.5 Å². The maximum Gasteiger partial charge on any atom is 0.410 e. The molecule has 2 heterocycles. The number of rotatable bonds is 3. The van der Waals surface area contributed by atoms with Crippen molar-refractivity contribution in [1.29, 1.82) is 0 Å². The van der Waals surface area contributed by atoms with Crippen LogP contribution in [0.1, 0.15) is 33.6 Å². The standard InChI is InChI=1S/C18H24N2O3S/c1-18(2,3)23-17(21)20-10-8-13(9-11-20)12-22-16-14-6-4-5-7-15(14)24-19-16/h4-7,13H,8-12H2,1-3H3. The van der Waals surface area contributed by atoms with E-state index in [0.29, 0.717) is 12.5 Å². The lowest BCUT2D eigenvalue weighted by Crippen LogP contribution is -2.42. The fourth-order valence-corrected chi connectivity index (χ4v) is 3.50. The van der Waals surface area contributed by atoms with Gasteiger partial charge in [-0.1, -0.05) is 12.1 Å². The zero-order chi connectivity index (χ0) is 17.2. The lowest BCUT2D eigenvalue weighted by Gasteiger charge is -2.33. The lowest BCUT2D eigenvalue weighted by molar-refractivity contribution is 0.0164. The number of aromatic nitrogens is 1. The second-order valence-corrected chi connectivity index (χ2v) is 8.01. The highest BCUT2D eigenvalue weighted by molar-refractivity contribution is 7.13. The second kappa shape index (κ2) is 6.97. The molecule has 0 aliphatic carbocycles. The minimum Gasteiger partial charge on any atom is -0.476 e. The summed E-state index contributed by atoms with van der Waals surface area (Å²) in [4.78, 5) is 13.9. The molecule has 1 aromatic heterocycles. The number of piperidine rings is 1. The predicted molar refractivity (Wildman–Crippen MR) is 95.6 cm³/mol. The van der Waals surface area contributed by atoms with Crippen LogP contribution < -0.4 is 4.74 Å². The van der Waals surface area contributed by atoms with Crippen molar-refractivity contribution in [3.05, 3.63) is 24.3 Å². The average molecular weight is 348 g/mol. The predicted octanol–water partition coefficient (Wildman–Crippen LogP) is 4.32. The van der Waals surface area contributed by atoms with Crippen LogP contribution in [0.5, 0.6) is 5.88 Å². The Morgan fingerprint density at radius 2 is 2.00 bits per heavy atom. The van der Waals surface area contributed by atoms with Gasteiger partial charge in [0.05, 0.1) is 16.7 Å². The molecule has 0 bridgehead atoms. The molecule has 1 saturated heterocycles. The number of carbonyl (C=O) groups excluding carboxylic acids is 1. The van der Waals surface area contributed by atoms with E-state index in [-0.39, 0.29) is 6.09 Å². The highest BCUT2D eigenvalue weighted by Gasteiger charge is 2.27. The number of hydrogen-bond acceptors (Lipinski definition) is 5. The smallest absolute Gasteiger partial charge is 0.410 e. The summed E-state index contributed by atoms with van der Waals surface area (Å²) in [6.45, 7) is 7.77. The van der Waals surface area contributed by atoms with Gasteiger partial charge in [0, 0.05) is 13.1 Å². The first-order valence-corrected chi connectivity index (χ1v) is 9.15. The van der Waals surface area contributed by atoms with Gasteiger partial charge in [-0.15, -0.1) is 0 Å². The number of fused-ring (bicyclic) bond motifs is 1. The number of ether oxygens (including phenoxy) is 2. The van der Waals surface area contributed by atoms with Gasteiger partial charge in [-0.05, 0) is 63.2 Å². The molecule has 6 heteroatoms. The molecule has 0 radical (unpaired) electrons. The van der Waals surface area contributed by atoms with Crippen LogP contribution in [0.3, 0.4) is 0 Å². The van der Waals surface area contributed by atoms with Gasteiger partial charge in [0.25, 0.3) is 0 Å². The number of likely N-dealkylation sites (tertiary alicyclic amines) is 1. The van der Waals surface area contributed by atoms with Gasteiger partial charge >= 0.3 is 6.09 Å². The van der Waals surface area contributed by atoms with Gasteiger partial charge in [0.15, 0.2) is 0 Å². The minimum absolute atomic E-state index is 0.215. The largest absolute Gasteiger partial charge is 0.476 e. The number of benzene rings is 1. The van der Waals surface area contributed by atoms with E-state index >= 15 is 0 Å². The van der Waals surface area contributed by atoms with Crippen molar-refractivity contribution < 1.29 is 14.3 Å². The van der Waals surface area contributed by atoms with E-state index < -0.39 is 5.60 Å². The fourth-order valence-electron chi connectivity index (χ4n) is 2.77. The summed E-state index contributed by atoms with van der Waals surface area (Å²) in [7, 11) is 0. The third-order valence-corrected chi connectivity index (χ3v) is 4.88. The SMILES string of the molecule is CC(C)(C)OC(=O)N1CCC(COc2nsc3ccccc23)CC1. The Morgan fingerprint density at radius 1 is 1.29 bits per heavy atom. The lowest BCUT2D eigenvalue weighted by atomic mass is 9.98. The maximum atomic E-state index is 12.1. The topological polar surface area (TPSA) is 51.7 Å². The van der Waals surface area contributed by atoms with Gasteiger partial charge in [-0.25, -0.2) is 4.79 Å². The summed E-state index contributed by atoms with van der Waals surface area (Å²) < 4.78 is 16.9. The van der Waals surface area contributed by atoms with Crippen molar-refractivity contribution >= 4 is 27.7 Å². The normalized spacial score (nSPS) is 16.4. The Balaban J connectivity index is 1.48. The Morgan fingerprint density at radius 3 is 2.71 bits per heavy atom. The molecule has 0 N–H and O–H groups in total. The van der Waals surface area contributed by atoms with Crippen LogP contribution >= 0.6 is 11.5 Å². The van der Waals surface area contributed by atoms with Crippen molar-refractivity contribution in [3.8, 4) is 5.88 Å². The summed E-state index contributed by atoms with van der Waals surface area (Å²) >= 11 is 1.47. The molecular formula is C18H24N2O3S. The third-order valence-electron chi connectivity index (χ3n) is 4.07. The van der Waals surface area contributed by atoms with Crippen LogP contribution in [-0.2, 0) is 4.74 Å².